The minimum Gasteiger partial charge on any atom is -0.356 e. The number of anilines is 3. The highest BCUT2D eigenvalue weighted by Gasteiger charge is 2.17. The molecule has 116 valence electrons. The van der Waals surface area contributed by atoms with E-state index in [1.54, 1.807) is 6.33 Å². The van der Waals surface area contributed by atoms with E-state index in [4.69, 9.17) is 0 Å². The lowest BCUT2D eigenvalue weighted by atomic mass is 10.0. The first-order valence-electron chi connectivity index (χ1n) is 8.03. The van der Waals surface area contributed by atoms with Gasteiger partial charge in [-0.05, 0) is 55.9 Å². The Morgan fingerprint density at radius 3 is 2.77 bits per heavy atom. The molecule has 0 aliphatic carbocycles. The first-order valence-corrected chi connectivity index (χ1v) is 8.03. The molecule has 22 heavy (non-hydrogen) atoms. The van der Waals surface area contributed by atoms with Gasteiger partial charge >= 0.3 is 0 Å². The van der Waals surface area contributed by atoms with Gasteiger partial charge in [0.05, 0.1) is 0 Å². The molecular formula is C18H24N4. The molecule has 3 rings (SSSR count). The molecule has 1 aliphatic heterocycles. The van der Waals surface area contributed by atoms with Gasteiger partial charge in [0.1, 0.15) is 18.0 Å². The molecule has 4 nitrogen and oxygen atoms in total. The number of nitrogens with zero attached hydrogens (tertiary/aromatic N) is 3. The first kappa shape index (κ1) is 14.8. The quantitative estimate of drug-likeness (QED) is 0.927. The molecule has 1 N–H and O–H groups in total. The molecule has 2 heterocycles. The third-order valence-corrected chi connectivity index (χ3v) is 4.41. The average molecular weight is 296 g/mol. The highest BCUT2D eigenvalue weighted by molar-refractivity contribution is 5.60. The number of aryl methyl sites for hydroxylation is 2. The molecule has 1 fully saturated rings. The summed E-state index contributed by atoms with van der Waals surface area (Å²) in [5, 5.41) is 3.38. The molecule has 1 aromatic heterocycles. The summed E-state index contributed by atoms with van der Waals surface area (Å²) in [5.41, 5.74) is 3.65. The summed E-state index contributed by atoms with van der Waals surface area (Å²) in [6.07, 6.45) is 4.21. The normalized spacial score (nSPS) is 18.3. The Balaban J connectivity index is 1.77. The van der Waals surface area contributed by atoms with Crippen LogP contribution in [0.4, 0.5) is 17.3 Å². The Morgan fingerprint density at radius 1 is 1.14 bits per heavy atom. The van der Waals surface area contributed by atoms with Crippen molar-refractivity contribution in [3.63, 3.8) is 0 Å². The molecule has 0 saturated carbocycles. The summed E-state index contributed by atoms with van der Waals surface area (Å²) in [6.45, 7) is 8.73. The summed E-state index contributed by atoms with van der Waals surface area (Å²) < 4.78 is 0. The van der Waals surface area contributed by atoms with Crippen LogP contribution in [0.15, 0.2) is 30.6 Å². The van der Waals surface area contributed by atoms with E-state index in [-0.39, 0.29) is 0 Å². The van der Waals surface area contributed by atoms with Gasteiger partial charge in [-0.1, -0.05) is 13.0 Å². The molecule has 1 aromatic carbocycles. The third-order valence-electron chi connectivity index (χ3n) is 4.41. The van der Waals surface area contributed by atoms with Crippen LogP contribution in [0.5, 0.6) is 0 Å². The molecule has 0 spiro atoms. The van der Waals surface area contributed by atoms with Crippen LogP contribution in [0.3, 0.4) is 0 Å². The summed E-state index contributed by atoms with van der Waals surface area (Å²) in [4.78, 5) is 11.2. The van der Waals surface area contributed by atoms with Gasteiger partial charge < -0.3 is 10.2 Å². The lowest BCUT2D eigenvalue weighted by Gasteiger charge is -2.31. The molecule has 2 aromatic rings. The van der Waals surface area contributed by atoms with E-state index in [0.29, 0.717) is 0 Å². The summed E-state index contributed by atoms with van der Waals surface area (Å²) in [5.74, 6) is 2.61. The lowest BCUT2D eigenvalue weighted by molar-refractivity contribution is 0.444. The van der Waals surface area contributed by atoms with Gasteiger partial charge in [-0.2, -0.15) is 0 Å². The predicted molar refractivity (Wildman–Crippen MR) is 91.8 cm³/mol. The van der Waals surface area contributed by atoms with Crippen LogP contribution in [-0.2, 0) is 0 Å². The van der Waals surface area contributed by atoms with Crippen molar-refractivity contribution in [3.8, 4) is 0 Å². The number of hydrogen-bond donors (Lipinski definition) is 1. The van der Waals surface area contributed by atoms with Gasteiger partial charge in [-0.25, -0.2) is 9.97 Å². The second-order valence-corrected chi connectivity index (χ2v) is 6.38. The largest absolute Gasteiger partial charge is 0.356 e. The van der Waals surface area contributed by atoms with Crippen molar-refractivity contribution in [2.45, 2.75) is 33.6 Å². The van der Waals surface area contributed by atoms with E-state index in [0.717, 1.165) is 36.3 Å². The maximum atomic E-state index is 4.45. The Labute approximate surface area is 132 Å². The van der Waals surface area contributed by atoms with E-state index in [1.807, 2.05) is 6.07 Å². The maximum absolute atomic E-state index is 4.45. The van der Waals surface area contributed by atoms with Gasteiger partial charge in [0.15, 0.2) is 0 Å². The van der Waals surface area contributed by atoms with Crippen LogP contribution in [0, 0.1) is 19.8 Å². The van der Waals surface area contributed by atoms with E-state index in [9.17, 15) is 0 Å². The summed E-state index contributed by atoms with van der Waals surface area (Å²) >= 11 is 0. The standard InChI is InChI=1S/C18H24N4/c1-13-5-4-8-22(11-13)18-10-17(19-12-20-18)21-16-7-6-14(2)15(3)9-16/h6-7,9-10,12-13H,4-5,8,11H2,1-3H3,(H,19,20,21). The number of piperidine rings is 1. The molecule has 0 amide bonds. The van der Waals surface area contributed by atoms with Gasteiger partial charge in [-0.3, -0.25) is 0 Å². The summed E-state index contributed by atoms with van der Waals surface area (Å²) in [6, 6.07) is 8.42. The molecule has 4 heteroatoms. The summed E-state index contributed by atoms with van der Waals surface area (Å²) in [7, 11) is 0. The molecule has 0 radical (unpaired) electrons. The smallest absolute Gasteiger partial charge is 0.135 e. The second-order valence-electron chi connectivity index (χ2n) is 6.38. The Bertz CT molecular complexity index is 653. The minimum atomic E-state index is 0.736. The van der Waals surface area contributed by atoms with Crippen molar-refractivity contribution in [2.75, 3.05) is 23.3 Å². The lowest BCUT2D eigenvalue weighted by Crippen LogP contribution is -2.34. The van der Waals surface area contributed by atoms with Crippen molar-refractivity contribution < 1.29 is 0 Å². The first-order chi connectivity index (χ1) is 10.6. The van der Waals surface area contributed by atoms with E-state index in [1.165, 1.54) is 24.0 Å². The van der Waals surface area contributed by atoms with Crippen LogP contribution in [-0.4, -0.2) is 23.1 Å². The van der Waals surface area contributed by atoms with Gasteiger partial charge in [0.2, 0.25) is 0 Å². The Kier molecular flexibility index (Phi) is 4.27. The van der Waals surface area contributed by atoms with Gasteiger partial charge in [0.25, 0.3) is 0 Å². The zero-order chi connectivity index (χ0) is 15.5. The topological polar surface area (TPSA) is 41.0 Å². The van der Waals surface area contributed by atoms with E-state index in [2.05, 4.69) is 59.2 Å². The van der Waals surface area contributed by atoms with Crippen LogP contribution in [0.1, 0.15) is 30.9 Å². The second kappa shape index (κ2) is 6.34. The molecule has 1 aliphatic rings. The highest BCUT2D eigenvalue weighted by atomic mass is 15.2. The number of benzene rings is 1. The van der Waals surface area contributed by atoms with Crippen LogP contribution in [0.2, 0.25) is 0 Å². The average Bonchev–Trinajstić information content (AvgIpc) is 2.51. The van der Waals surface area contributed by atoms with Crippen LogP contribution in [0.25, 0.3) is 0 Å². The van der Waals surface area contributed by atoms with Crippen LogP contribution < -0.4 is 10.2 Å². The zero-order valence-electron chi connectivity index (χ0n) is 13.6. The number of aromatic nitrogens is 2. The number of rotatable bonds is 3. The monoisotopic (exact) mass is 296 g/mol. The van der Waals surface area contributed by atoms with Gasteiger partial charge in [-0.15, -0.1) is 0 Å². The SMILES string of the molecule is Cc1ccc(Nc2cc(N3CCCC(C)C3)ncn2)cc1C. The van der Waals surface area contributed by atoms with Crippen molar-refractivity contribution in [2.24, 2.45) is 5.92 Å². The van der Waals surface area contributed by atoms with Crippen molar-refractivity contribution in [1.29, 1.82) is 0 Å². The maximum Gasteiger partial charge on any atom is 0.135 e. The fraction of sp³-hybridized carbons (Fsp3) is 0.444. The molecule has 1 unspecified atom stereocenters. The zero-order valence-corrected chi connectivity index (χ0v) is 13.6. The minimum absolute atomic E-state index is 0.736. The third kappa shape index (κ3) is 3.38. The fourth-order valence-electron chi connectivity index (χ4n) is 2.95. The molecule has 1 saturated heterocycles. The molecular weight excluding hydrogens is 272 g/mol. The number of hydrogen-bond acceptors (Lipinski definition) is 4. The van der Waals surface area contributed by atoms with E-state index < -0.39 is 0 Å². The Morgan fingerprint density at radius 2 is 2.00 bits per heavy atom. The van der Waals surface area contributed by atoms with Crippen molar-refractivity contribution >= 4 is 17.3 Å². The highest BCUT2D eigenvalue weighted by Crippen LogP contribution is 2.24. The molecule has 0 bridgehead atoms. The van der Waals surface area contributed by atoms with Gasteiger partial charge in [0, 0.05) is 24.8 Å². The molecule has 1 atom stereocenters. The fourth-order valence-corrected chi connectivity index (χ4v) is 2.95. The predicted octanol–water partition coefficient (Wildman–Crippen LogP) is 4.07. The Hall–Kier alpha value is -2.10. The van der Waals surface area contributed by atoms with Crippen molar-refractivity contribution in [3.05, 3.63) is 41.7 Å². The number of nitrogens with one attached hydrogen (secondary N) is 1. The van der Waals surface area contributed by atoms with Crippen molar-refractivity contribution in [1.82, 2.24) is 9.97 Å². The van der Waals surface area contributed by atoms with Crippen LogP contribution >= 0.6 is 0 Å². The van der Waals surface area contributed by atoms with E-state index >= 15 is 0 Å².